The monoisotopic (exact) mass is 370 g/mol. The summed E-state index contributed by atoms with van der Waals surface area (Å²) >= 11 is 0. The summed E-state index contributed by atoms with van der Waals surface area (Å²) in [6.45, 7) is 0. The summed E-state index contributed by atoms with van der Waals surface area (Å²) in [5.41, 5.74) is 1.40. The first-order valence-electron chi connectivity index (χ1n) is 8.61. The van der Waals surface area contributed by atoms with E-state index in [0.717, 1.165) is 18.4 Å². The third-order valence-electron chi connectivity index (χ3n) is 4.49. The molecule has 1 unspecified atom stereocenters. The number of hydrogen-bond acceptors (Lipinski definition) is 6. The molecule has 1 fully saturated rings. The minimum absolute atomic E-state index is 0.210. The van der Waals surface area contributed by atoms with Gasteiger partial charge in [0.05, 0.1) is 6.20 Å². The molecule has 0 spiro atoms. The molecule has 1 aliphatic rings. The van der Waals surface area contributed by atoms with Crippen LogP contribution in [0.25, 0.3) is 5.69 Å². The summed E-state index contributed by atoms with van der Waals surface area (Å²) in [5.74, 6) is 0.166. The molecule has 0 bridgehead atoms. The highest BCUT2D eigenvalue weighted by Crippen LogP contribution is 2.39. The zero-order valence-electron chi connectivity index (χ0n) is 14.9. The number of nitrogens with zero attached hydrogens (tertiary/aromatic N) is 6. The molecule has 0 saturated heterocycles. The van der Waals surface area contributed by atoms with E-state index < -0.39 is 11.9 Å². The number of likely N-dealkylation sites (N-methyl/N-ethyl adjacent to an activating group) is 1. The number of tetrazole rings is 1. The lowest BCUT2D eigenvalue weighted by Crippen LogP contribution is -2.30. The van der Waals surface area contributed by atoms with Gasteiger partial charge >= 0.3 is 0 Å². The Morgan fingerprint density at radius 3 is 2.85 bits per heavy atom. The number of carbonyl (C=O) groups excluding carboxylic acids is 1. The number of amides is 1. The van der Waals surface area contributed by atoms with Crippen molar-refractivity contribution in [1.82, 2.24) is 35.3 Å². The van der Waals surface area contributed by atoms with Gasteiger partial charge in [-0.1, -0.05) is 0 Å². The number of rotatable bonds is 6. The topological polar surface area (TPSA) is 103 Å². The Bertz CT molecular complexity index is 977. The van der Waals surface area contributed by atoms with Crippen molar-refractivity contribution in [2.24, 2.45) is 7.05 Å². The Hall–Kier alpha value is -3.14. The van der Waals surface area contributed by atoms with E-state index >= 15 is 0 Å². The van der Waals surface area contributed by atoms with Gasteiger partial charge < -0.3 is 10.6 Å². The van der Waals surface area contributed by atoms with E-state index in [1.165, 1.54) is 22.9 Å². The van der Waals surface area contributed by atoms with Crippen LogP contribution in [0.4, 0.5) is 10.1 Å². The SMILES string of the molecule is CNC(C(=O)Nc1ccc(F)c(-n2nnnc2C2CC2)c1)c1cnn(C)c1. The van der Waals surface area contributed by atoms with Gasteiger partial charge in [-0.05, 0) is 48.5 Å². The molecule has 1 amide bonds. The number of anilines is 1. The number of hydrogen-bond donors (Lipinski definition) is 2. The molecule has 27 heavy (non-hydrogen) atoms. The minimum atomic E-state index is -0.581. The molecule has 4 rings (SSSR count). The van der Waals surface area contributed by atoms with Crippen molar-refractivity contribution < 1.29 is 9.18 Å². The van der Waals surface area contributed by atoms with E-state index in [4.69, 9.17) is 0 Å². The summed E-state index contributed by atoms with van der Waals surface area (Å²) in [6, 6.07) is 3.75. The van der Waals surface area contributed by atoms with Crippen LogP contribution in [0.3, 0.4) is 0 Å². The van der Waals surface area contributed by atoms with Crippen LogP contribution in [0.1, 0.15) is 36.2 Å². The van der Waals surface area contributed by atoms with Gasteiger partial charge in [-0.3, -0.25) is 9.48 Å². The number of carbonyl (C=O) groups is 1. The van der Waals surface area contributed by atoms with Gasteiger partial charge in [-0.25, -0.2) is 4.39 Å². The largest absolute Gasteiger partial charge is 0.324 e. The van der Waals surface area contributed by atoms with E-state index in [1.807, 2.05) is 0 Å². The Morgan fingerprint density at radius 2 is 2.19 bits per heavy atom. The first-order valence-corrected chi connectivity index (χ1v) is 8.61. The van der Waals surface area contributed by atoms with Crippen LogP contribution < -0.4 is 10.6 Å². The zero-order valence-corrected chi connectivity index (χ0v) is 14.9. The molecule has 1 aliphatic carbocycles. The van der Waals surface area contributed by atoms with E-state index in [-0.39, 0.29) is 17.5 Å². The number of aromatic nitrogens is 6. The molecule has 1 aromatic carbocycles. The van der Waals surface area contributed by atoms with Gasteiger partial charge in [0.25, 0.3) is 0 Å². The first-order chi connectivity index (χ1) is 13.1. The maximum Gasteiger partial charge on any atom is 0.246 e. The molecule has 2 heterocycles. The van der Waals surface area contributed by atoms with Crippen molar-refractivity contribution in [3.8, 4) is 5.69 Å². The number of aryl methyl sites for hydroxylation is 1. The Balaban J connectivity index is 1.59. The number of nitrogens with one attached hydrogen (secondary N) is 2. The van der Waals surface area contributed by atoms with Crippen molar-refractivity contribution in [2.45, 2.75) is 24.8 Å². The predicted octanol–water partition coefficient (Wildman–Crippen LogP) is 1.31. The molecule has 0 radical (unpaired) electrons. The van der Waals surface area contributed by atoms with E-state index in [9.17, 15) is 9.18 Å². The highest BCUT2D eigenvalue weighted by atomic mass is 19.1. The van der Waals surface area contributed by atoms with Crippen molar-refractivity contribution in [1.29, 1.82) is 0 Å². The fraction of sp³-hybridized carbons (Fsp3) is 0.353. The molecule has 2 N–H and O–H groups in total. The molecule has 140 valence electrons. The fourth-order valence-electron chi connectivity index (χ4n) is 2.97. The molecule has 1 atom stereocenters. The van der Waals surface area contributed by atoms with Crippen LogP contribution in [0.5, 0.6) is 0 Å². The van der Waals surface area contributed by atoms with Crippen LogP contribution >= 0.6 is 0 Å². The average molecular weight is 370 g/mol. The summed E-state index contributed by atoms with van der Waals surface area (Å²) in [7, 11) is 3.47. The minimum Gasteiger partial charge on any atom is -0.324 e. The average Bonchev–Trinajstić information content (AvgIpc) is 3.22. The van der Waals surface area contributed by atoms with Crippen LogP contribution in [0.15, 0.2) is 30.6 Å². The molecular formula is C17H19FN8O. The third-order valence-corrected chi connectivity index (χ3v) is 4.49. The van der Waals surface area contributed by atoms with Crippen LogP contribution in [-0.2, 0) is 11.8 Å². The van der Waals surface area contributed by atoms with Gasteiger partial charge in [0, 0.05) is 30.4 Å². The Kier molecular flexibility index (Phi) is 4.40. The summed E-state index contributed by atoms with van der Waals surface area (Å²) in [5, 5.41) is 21.4. The van der Waals surface area contributed by atoms with Gasteiger partial charge in [0.2, 0.25) is 5.91 Å². The summed E-state index contributed by atoms with van der Waals surface area (Å²) < 4.78 is 17.4. The third kappa shape index (κ3) is 3.43. The van der Waals surface area contributed by atoms with E-state index in [2.05, 4.69) is 31.3 Å². The second kappa shape index (κ2) is 6.88. The number of halogens is 1. The molecule has 9 nitrogen and oxygen atoms in total. The lowest BCUT2D eigenvalue weighted by Gasteiger charge is -2.15. The highest BCUT2D eigenvalue weighted by molar-refractivity contribution is 5.95. The first kappa shape index (κ1) is 17.3. The van der Waals surface area contributed by atoms with Gasteiger partial charge in [-0.2, -0.15) is 9.78 Å². The lowest BCUT2D eigenvalue weighted by molar-refractivity contribution is -0.118. The lowest BCUT2D eigenvalue weighted by atomic mass is 10.1. The van der Waals surface area contributed by atoms with Crippen LogP contribution in [-0.4, -0.2) is 42.9 Å². The standard InChI is InChI=1S/C17H19FN8O/c1-19-15(11-8-20-25(2)9-11)17(27)21-12-5-6-13(18)14(7-12)26-16(10-3-4-10)22-23-24-26/h5-10,15,19H,3-4H2,1-2H3,(H,21,27). The molecule has 0 aliphatic heterocycles. The maximum absolute atomic E-state index is 14.4. The van der Waals surface area contributed by atoms with Gasteiger partial charge in [0.1, 0.15) is 17.5 Å². The maximum atomic E-state index is 14.4. The Labute approximate surface area is 154 Å². The number of benzene rings is 1. The summed E-state index contributed by atoms with van der Waals surface area (Å²) in [4.78, 5) is 12.7. The van der Waals surface area contributed by atoms with Crippen molar-refractivity contribution in [2.75, 3.05) is 12.4 Å². The summed E-state index contributed by atoms with van der Waals surface area (Å²) in [6.07, 6.45) is 5.38. The van der Waals surface area contributed by atoms with Crippen molar-refractivity contribution >= 4 is 11.6 Å². The van der Waals surface area contributed by atoms with E-state index in [1.54, 1.807) is 31.2 Å². The van der Waals surface area contributed by atoms with Crippen molar-refractivity contribution in [3.05, 3.63) is 47.8 Å². The molecule has 3 aromatic rings. The Morgan fingerprint density at radius 1 is 1.37 bits per heavy atom. The normalized spacial score (nSPS) is 14.9. The smallest absolute Gasteiger partial charge is 0.246 e. The van der Waals surface area contributed by atoms with Crippen LogP contribution in [0, 0.1) is 5.82 Å². The molecule has 1 saturated carbocycles. The van der Waals surface area contributed by atoms with Crippen molar-refractivity contribution in [3.63, 3.8) is 0 Å². The fourth-order valence-corrected chi connectivity index (χ4v) is 2.97. The zero-order chi connectivity index (χ0) is 19.0. The van der Waals surface area contributed by atoms with Crippen LogP contribution in [0.2, 0.25) is 0 Å². The predicted molar refractivity (Wildman–Crippen MR) is 94.7 cm³/mol. The second-order valence-electron chi connectivity index (χ2n) is 6.55. The quantitative estimate of drug-likeness (QED) is 0.678. The van der Waals surface area contributed by atoms with Gasteiger partial charge in [0.15, 0.2) is 5.82 Å². The molecular weight excluding hydrogens is 351 g/mol. The molecule has 2 aromatic heterocycles. The van der Waals surface area contributed by atoms with Gasteiger partial charge in [-0.15, -0.1) is 5.10 Å². The second-order valence-corrected chi connectivity index (χ2v) is 6.55. The highest BCUT2D eigenvalue weighted by Gasteiger charge is 2.30. The molecule has 10 heteroatoms. The van der Waals surface area contributed by atoms with E-state index in [0.29, 0.717) is 11.5 Å².